The lowest BCUT2D eigenvalue weighted by molar-refractivity contribution is 0.139. The van der Waals surface area contributed by atoms with E-state index in [4.69, 9.17) is 27.0 Å². The van der Waals surface area contributed by atoms with Crippen molar-refractivity contribution in [2.75, 3.05) is 13.7 Å². The number of hydrogen-bond donors (Lipinski definition) is 1. The normalized spacial score (nSPS) is 15.7. The number of nitrogens with two attached hydrogens (primary N) is 1. The average molecular weight is 286 g/mol. The fraction of sp³-hybridized carbons (Fsp3) is 0.571. The largest absolute Gasteiger partial charge is 0.493 e. The Balaban J connectivity index is 2.24. The Morgan fingerprint density at radius 2 is 2.05 bits per heavy atom. The van der Waals surface area contributed by atoms with Gasteiger partial charge < -0.3 is 14.3 Å². The molecule has 0 bridgehead atoms. The van der Waals surface area contributed by atoms with E-state index in [1.54, 1.807) is 13.2 Å². The van der Waals surface area contributed by atoms with Crippen molar-refractivity contribution in [3.8, 4) is 11.5 Å². The maximum atomic E-state index is 6.10. The maximum absolute atomic E-state index is 6.10. The Morgan fingerprint density at radius 3 is 2.68 bits per heavy atom. The predicted molar refractivity (Wildman–Crippen MR) is 74.7 cm³/mol. The number of methoxy groups -OCH3 is 1. The Bertz CT molecular complexity index is 419. The molecular formula is C14H20ClNO3. The summed E-state index contributed by atoms with van der Waals surface area (Å²) >= 11 is 6.09. The molecule has 1 aliphatic rings. The number of benzene rings is 1. The lowest BCUT2D eigenvalue weighted by Crippen LogP contribution is -2.14. The molecule has 106 valence electrons. The molecule has 0 heterocycles. The van der Waals surface area contributed by atoms with Crippen LogP contribution in [0.5, 0.6) is 11.5 Å². The van der Waals surface area contributed by atoms with Crippen molar-refractivity contribution in [1.29, 1.82) is 0 Å². The molecule has 0 unspecified atom stereocenters. The first-order valence-electron chi connectivity index (χ1n) is 6.59. The van der Waals surface area contributed by atoms with Crippen LogP contribution in [-0.4, -0.2) is 19.8 Å². The number of halogens is 1. The molecule has 0 radical (unpaired) electrons. The van der Waals surface area contributed by atoms with E-state index in [1.807, 2.05) is 6.07 Å². The van der Waals surface area contributed by atoms with E-state index in [2.05, 4.69) is 4.84 Å². The van der Waals surface area contributed by atoms with Gasteiger partial charge in [-0.25, -0.2) is 5.90 Å². The van der Waals surface area contributed by atoms with Crippen molar-refractivity contribution in [2.45, 2.75) is 38.2 Å². The summed E-state index contributed by atoms with van der Waals surface area (Å²) in [7, 11) is 1.62. The van der Waals surface area contributed by atoms with Gasteiger partial charge in [-0.2, -0.15) is 0 Å². The molecule has 19 heavy (non-hydrogen) atoms. The van der Waals surface area contributed by atoms with Crippen LogP contribution >= 0.6 is 11.6 Å². The quantitative estimate of drug-likeness (QED) is 0.816. The Labute approximate surface area is 118 Å². The SMILES string of the molecule is COc1cc(Cl)cc(CCON)c1OC1CCCC1. The van der Waals surface area contributed by atoms with E-state index in [-0.39, 0.29) is 6.10 Å². The summed E-state index contributed by atoms with van der Waals surface area (Å²) in [6.07, 6.45) is 5.56. The molecule has 0 amide bonds. The standard InChI is InChI=1S/C14H20ClNO3/c1-17-13-9-11(15)8-10(6-7-18-16)14(13)19-12-4-2-3-5-12/h8-9,12H,2-7,16H2,1H3. The molecule has 0 aliphatic heterocycles. The molecule has 4 nitrogen and oxygen atoms in total. The van der Waals surface area contributed by atoms with E-state index >= 15 is 0 Å². The topological polar surface area (TPSA) is 53.7 Å². The van der Waals surface area contributed by atoms with Crippen molar-refractivity contribution in [2.24, 2.45) is 5.90 Å². The molecule has 0 atom stereocenters. The summed E-state index contributed by atoms with van der Waals surface area (Å²) in [5.41, 5.74) is 0.974. The summed E-state index contributed by atoms with van der Waals surface area (Å²) in [6, 6.07) is 3.66. The van der Waals surface area contributed by atoms with Gasteiger partial charge in [0, 0.05) is 23.1 Å². The van der Waals surface area contributed by atoms with Crippen LogP contribution in [0.2, 0.25) is 5.02 Å². The molecule has 1 aromatic rings. The van der Waals surface area contributed by atoms with Gasteiger partial charge in [-0.1, -0.05) is 11.6 Å². The maximum Gasteiger partial charge on any atom is 0.164 e. The van der Waals surface area contributed by atoms with Gasteiger partial charge in [-0.05, 0) is 31.7 Å². The van der Waals surface area contributed by atoms with Gasteiger partial charge >= 0.3 is 0 Å². The van der Waals surface area contributed by atoms with Crippen molar-refractivity contribution in [3.05, 3.63) is 22.7 Å². The monoisotopic (exact) mass is 285 g/mol. The summed E-state index contributed by atoms with van der Waals surface area (Å²) in [6.45, 7) is 0.421. The Morgan fingerprint density at radius 1 is 1.32 bits per heavy atom. The summed E-state index contributed by atoms with van der Waals surface area (Å²) in [4.78, 5) is 4.64. The van der Waals surface area contributed by atoms with Crippen molar-refractivity contribution >= 4 is 11.6 Å². The minimum absolute atomic E-state index is 0.271. The summed E-state index contributed by atoms with van der Waals surface area (Å²) < 4.78 is 11.5. The van der Waals surface area contributed by atoms with E-state index in [0.717, 1.165) is 24.2 Å². The molecule has 1 aliphatic carbocycles. The second-order valence-electron chi connectivity index (χ2n) is 4.74. The molecule has 0 aromatic heterocycles. The average Bonchev–Trinajstić information content (AvgIpc) is 2.91. The first-order valence-corrected chi connectivity index (χ1v) is 6.97. The molecule has 1 aromatic carbocycles. The van der Waals surface area contributed by atoms with Crippen LogP contribution in [0.15, 0.2) is 12.1 Å². The number of rotatable bonds is 6. The van der Waals surface area contributed by atoms with Gasteiger partial charge in [0.2, 0.25) is 0 Å². The van der Waals surface area contributed by atoms with Crippen LogP contribution in [-0.2, 0) is 11.3 Å². The molecule has 2 rings (SSSR count). The third kappa shape index (κ3) is 3.75. The van der Waals surface area contributed by atoms with Gasteiger partial charge in [0.25, 0.3) is 0 Å². The van der Waals surface area contributed by atoms with E-state index < -0.39 is 0 Å². The lowest BCUT2D eigenvalue weighted by Gasteiger charge is -2.19. The minimum Gasteiger partial charge on any atom is -0.493 e. The van der Waals surface area contributed by atoms with Crippen LogP contribution in [0.3, 0.4) is 0 Å². The zero-order valence-electron chi connectivity index (χ0n) is 11.2. The fourth-order valence-electron chi connectivity index (χ4n) is 2.44. The molecule has 5 heteroatoms. The molecule has 0 spiro atoms. The highest BCUT2D eigenvalue weighted by Crippen LogP contribution is 2.37. The molecule has 0 saturated heterocycles. The van der Waals surface area contributed by atoms with Gasteiger partial charge in [0.05, 0.1) is 19.8 Å². The van der Waals surface area contributed by atoms with Crippen LogP contribution in [0.4, 0.5) is 0 Å². The zero-order valence-corrected chi connectivity index (χ0v) is 11.9. The van der Waals surface area contributed by atoms with Gasteiger partial charge in [0.15, 0.2) is 11.5 Å². The van der Waals surface area contributed by atoms with Crippen molar-refractivity contribution in [1.82, 2.24) is 0 Å². The summed E-state index contributed by atoms with van der Waals surface area (Å²) in [5.74, 6) is 6.54. The van der Waals surface area contributed by atoms with Gasteiger partial charge in [-0.3, -0.25) is 0 Å². The molecular weight excluding hydrogens is 266 g/mol. The van der Waals surface area contributed by atoms with E-state index in [1.165, 1.54) is 12.8 Å². The second-order valence-corrected chi connectivity index (χ2v) is 5.18. The third-order valence-corrected chi connectivity index (χ3v) is 3.61. The first-order chi connectivity index (χ1) is 9.24. The van der Waals surface area contributed by atoms with Crippen LogP contribution in [0.25, 0.3) is 0 Å². The van der Waals surface area contributed by atoms with Crippen LogP contribution < -0.4 is 15.4 Å². The number of hydrogen-bond acceptors (Lipinski definition) is 4. The van der Waals surface area contributed by atoms with Crippen LogP contribution in [0, 0.1) is 0 Å². The summed E-state index contributed by atoms with van der Waals surface area (Å²) in [5, 5.41) is 0.627. The lowest BCUT2D eigenvalue weighted by atomic mass is 10.1. The minimum atomic E-state index is 0.271. The Kier molecular flexibility index (Phi) is 5.31. The highest BCUT2D eigenvalue weighted by molar-refractivity contribution is 6.30. The molecule has 1 saturated carbocycles. The first kappa shape index (κ1) is 14.4. The van der Waals surface area contributed by atoms with E-state index in [9.17, 15) is 0 Å². The van der Waals surface area contributed by atoms with Crippen LogP contribution in [0.1, 0.15) is 31.2 Å². The van der Waals surface area contributed by atoms with Gasteiger partial charge in [0.1, 0.15) is 0 Å². The highest BCUT2D eigenvalue weighted by Gasteiger charge is 2.21. The predicted octanol–water partition coefficient (Wildman–Crippen LogP) is 3.10. The fourth-order valence-corrected chi connectivity index (χ4v) is 2.67. The Hall–Kier alpha value is -0.970. The highest BCUT2D eigenvalue weighted by atomic mass is 35.5. The molecule has 2 N–H and O–H groups in total. The van der Waals surface area contributed by atoms with Gasteiger partial charge in [-0.15, -0.1) is 0 Å². The smallest absolute Gasteiger partial charge is 0.164 e. The van der Waals surface area contributed by atoms with E-state index in [0.29, 0.717) is 23.8 Å². The molecule has 1 fully saturated rings. The zero-order chi connectivity index (χ0) is 13.7. The third-order valence-electron chi connectivity index (χ3n) is 3.39. The second kappa shape index (κ2) is 6.98. The number of ether oxygens (including phenoxy) is 2. The van der Waals surface area contributed by atoms with Crippen molar-refractivity contribution < 1.29 is 14.3 Å². The van der Waals surface area contributed by atoms with Crippen molar-refractivity contribution in [3.63, 3.8) is 0 Å².